The van der Waals surface area contributed by atoms with Gasteiger partial charge in [-0.25, -0.2) is 0 Å². The summed E-state index contributed by atoms with van der Waals surface area (Å²) in [4.78, 5) is 26.0. The molecule has 1 unspecified atom stereocenters. The van der Waals surface area contributed by atoms with Crippen LogP contribution in [0.25, 0.3) is 0 Å². The Hall–Kier alpha value is -2.82. The Morgan fingerprint density at radius 1 is 1.19 bits per heavy atom. The maximum Gasteiger partial charge on any atom is 0.239 e. The van der Waals surface area contributed by atoms with Crippen LogP contribution >= 0.6 is 0 Å². The van der Waals surface area contributed by atoms with Crippen LogP contribution in [0.3, 0.4) is 0 Å². The van der Waals surface area contributed by atoms with Gasteiger partial charge in [-0.2, -0.15) is 0 Å². The minimum atomic E-state index is -0.0331. The summed E-state index contributed by atoms with van der Waals surface area (Å²) < 4.78 is 5.83. The SMILES string of the molecule is CC(=O)c1ccc2c(c1)N(CC(=O)NCCc1ccccc1)CC(C)O2. The summed E-state index contributed by atoms with van der Waals surface area (Å²) in [7, 11) is 0. The third kappa shape index (κ3) is 4.42. The van der Waals surface area contributed by atoms with E-state index in [0.29, 0.717) is 24.4 Å². The van der Waals surface area contributed by atoms with Crippen molar-refractivity contribution in [3.05, 3.63) is 59.7 Å². The highest BCUT2D eigenvalue weighted by Gasteiger charge is 2.25. The molecule has 0 spiro atoms. The van der Waals surface area contributed by atoms with Crippen molar-refractivity contribution < 1.29 is 14.3 Å². The second-order valence-electron chi connectivity index (χ2n) is 6.63. The van der Waals surface area contributed by atoms with Crippen LogP contribution in [0.2, 0.25) is 0 Å². The summed E-state index contributed by atoms with van der Waals surface area (Å²) in [6, 6.07) is 15.4. The van der Waals surface area contributed by atoms with Crippen LogP contribution in [0.1, 0.15) is 29.8 Å². The van der Waals surface area contributed by atoms with Crippen LogP contribution in [0.5, 0.6) is 5.75 Å². The first-order valence-corrected chi connectivity index (χ1v) is 8.90. The number of anilines is 1. The molecular formula is C21H24N2O3. The molecule has 0 saturated heterocycles. The summed E-state index contributed by atoms with van der Waals surface area (Å²) in [5.74, 6) is 0.679. The van der Waals surface area contributed by atoms with Gasteiger partial charge < -0.3 is 15.0 Å². The van der Waals surface area contributed by atoms with E-state index in [9.17, 15) is 9.59 Å². The van der Waals surface area contributed by atoms with E-state index >= 15 is 0 Å². The molecule has 5 nitrogen and oxygen atoms in total. The van der Waals surface area contributed by atoms with Gasteiger partial charge in [0.25, 0.3) is 0 Å². The van der Waals surface area contributed by atoms with E-state index in [-0.39, 0.29) is 24.3 Å². The van der Waals surface area contributed by atoms with Crippen molar-refractivity contribution in [3.8, 4) is 5.75 Å². The van der Waals surface area contributed by atoms with E-state index in [1.165, 1.54) is 12.5 Å². The number of nitrogens with one attached hydrogen (secondary N) is 1. The van der Waals surface area contributed by atoms with Gasteiger partial charge in [0.1, 0.15) is 11.9 Å². The number of Topliss-reactive ketones (excluding diaryl/α,β-unsaturated/α-hetero) is 1. The summed E-state index contributed by atoms with van der Waals surface area (Å²) in [6.07, 6.45) is 0.791. The Labute approximate surface area is 154 Å². The lowest BCUT2D eigenvalue weighted by Crippen LogP contribution is -2.44. The molecule has 0 saturated carbocycles. The number of hydrogen-bond donors (Lipinski definition) is 1. The summed E-state index contributed by atoms with van der Waals surface area (Å²) >= 11 is 0. The van der Waals surface area contributed by atoms with Crippen molar-refractivity contribution in [1.82, 2.24) is 5.32 Å². The molecule has 5 heteroatoms. The molecule has 1 aliphatic rings. The second kappa shape index (κ2) is 8.04. The van der Waals surface area contributed by atoms with Gasteiger partial charge in [0.05, 0.1) is 18.8 Å². The zero-order valence-corrected chi connectivity index (χ0v) is 15.2. The smallest absolute Gasteiger partial charge is 0.239 e. The quantitative estimate of drug-likeness (QED) is 0.812. The number of hydrogen-bond acceptors (Lipinski definition) is 4. The molecule has 1 atom stereocenters. The topological polar surface area (TPSA) is 58.6 Å². The number of carbonyl (C=O) groups is 2. The maximum absolute atomic E-state index is 12.4. The Morgan fingerprint density at radius 3 is 2.69 bits per heavy atom. The standard InChI is InChI=1S/C21H24N2O3/c1-15-13-23(19-12-18(16(2)24)8-9-20(19)26-15)14-21(25)22-11-10-17-6-4-3-5-7-17/h3-9,12,15H,10-11,13-14H2,1-2H3,(H,22,25). The van der Waals surface area contributed by atoms with Crippen LogP contribution < -0.4 is 15.0 Å². The van der Waals surface area contributed by atoms with Crippen molar-refractivity contribution in [3.63, 3.8) is 0 Å². The highest BCUT2D eigenvalue weighted by atomic mass is 16.5. The third-order valence-electron chi connectivity index (χ3n) is 4.42. The molecule has 1 heterocycles. The minimum absolute atomic E-state index is 0.00122. The second-order valence-corrected chi connectivity index (χ2v) is 6.63. The zero-order chi connectivity index (χ0) is 18.5. The van der Waals surface area contributed by atoms with Crippen LogP contribution in [0.4, 0.5) is 5.69 Å². The molecule has 0 aromatic heterocycles. The number of ether oxygens (including phenoxy) is 1. The van der Waals surface area contributed by atoms with Crippen LogP contribution in [-0.4, -0.2) is 37.4 Å². The molecule has 0 aliphatic carbocycles. The van der Waals surface area contributed by atoms with Crippen molar-refractivity contribution in [2.24, 2.45) is 0 Å². The summed E-state index contributed by atoms with van der Waals surface area (Å²) in [5.41, 5.74) is 2.62. The summed E-state index contributed by atoms with van der Waals surface area (Å²) in [6.45, 7) is 4.97. The molecule has 1 N–H and O–H groups in total. The monoisotopic (exact) mass is 352 g/mol. The van der Waals surface area contributed by atoms with Crippen LogP contribution in [-0.2, 0) is 11.2 Å². The molecule has 1 aliphatic heterocycles. The number of amides is 1. The molecule has 26 heavy (non-hydrogen) atoms. The lowest BCUT2D eigenvalue weighted by atomic mass is 10.1. The van der Waals surface area contributed by atoms with Gasteiger partial charge in [-0.15, -0.1) is 0 Å². The average molecular weight is 352 g/mol. The Balaban J connectivity index is 1.63. The minimum Gasteiger partial charge on any atom is -0.487 e. The predicted octanol–water partition coefficient (Wildman–Crippen LogP) is 2.84. The molecule has 0 fully saturated rings. The Bertz CT molecular complexity index is 789. The number of rotatable bonds is 6. The van der Waals surface area contributed by atoms with Crippen molar-refractivity contribution in [1.29, 1.82) is 0 Å². The summed E-state index contributed by atoms with van der Waals surface area (Å²) in [5, 5.41) is 2.97. The van der Waals surface area contributed by atoms with E-state index in [2.05, 4.69) is 17.4 Å². The number of nitrogens with zero attached hydrogens (tertiary/aromatic N) is 1. The molecule has 1 amide bonds. The Morgan fingerprint density at radius 2 is 1.96 bits per heavy atom. The fourth-order valence-corrected chi connectivity index (χ4v) is 3.12. The number of fused-ring (bicyclic) bond motifs is 1. The number of benzene rings is 2. The van der Waals surface area contributed by atoms with Gasteiger partial charge >= 0.3 is 0 Å². The third-order valence-corrected chi connectivity index (χ3v) is 4.42. The fraction of sp³-hybridized carbons (Fsp3) is 0.333. The van der Waals surface area contributed by atoms with E-state index in [1.54, 1.807) is 12.1 Å². The first-order chi connectivity index (χ1) is 12.5. The van der Waals surface area contributed by atoms with Gasteiger partial charge in [-0.05, 0) is 44.0 Å². The number of carbonyl (C=O) groups excluding carboxylic acids is 2. The van der Waals surface area contributed by atoms with Crippen LogP contribution in [0, 0.1) is 0 Å². The molecule has 136 valence electrons. The largest absolute Gasteiger partial charge is 0.487 e. The number of ketones is 1. The van der Waals surface area contributed by atoms with E-state index < -0.39 is 0 Å². The van der Waals surface area contributed by atoms with Gasteiger partial charge in [-0.3, -0.25) is 9.59 Å². The van der Waals surface area contributed by atoms with Crippen molar-refractivity contribution in [2.45, 2.75) is 26.4 Å². The highest BCUT2D eigenvalue weighted by molar-refractivity contribution is 5.96. The predicted molar refractivity (Wildman–Crippen MR) is 102 cm³/mol. The van der Waals surface area contributed by atoms with Crippen LogP contribution in [0.15, 0.2) is 48.5 Å². The van der Waals surface area contributed by atoms with Gasteiger partial charge in [0, 0.05) is 12.1 Å². The maximum atomic E-state index is 12.4. The molecule has 0 bridgehead atoms. The normalized spacial score (nSPS) is 15.8. The van der Waals surface area contributed by atoms with Gasteiger partial charge in [-0.1, -0.05) is 30.3 Å². The lowest BCUT2D eigenvalue weighted by Gasteiger charge is -2.34. The van der Waals surface area contributed by atoms with E-state index in [4.69, 9.17) is 4.74 Å². The first-order valence-electron chi connectivity index (χ1n) is 8.90. The molecule has 2 aromatic rings. The molecule has 2 aromatic carbocycles. The fourth-order valence-electron chi connectivity index (χ4n) is 3.12. The molecular weight excluding hydrogens is 328 g/mol. The lowest BCUT2D eigenvalue weighted by molar-refractivity contribution is -0.119. The van der Waals surface area contributed by atoms with Gasteiger partial charge in [0.2, 0.25) is 5.91 Å². The molecule has 3 rings (SSSR count). The molecule has 0 radical (unpaired) electrons. The Kier molecular flexibility index (Phi) is 5.56. The first kappa shape index (κ1) is 18.0. The highest BCUT2D eigenvalue weighted by Crippen LogP contribution is 2.34. The van der Waals surface area contributed by atoms with Crippen molar-refractivity contribution >= 4 is 17.4 Å². The van der Waals surface area contributed by atoms with E-state index in [0.717, 1.165) is 12.1 Å². The average Bonchev–Trinajstić information content (AvgIpc) is 2.62. The van der Waals surface area contributed by atoms with E-state index in [1.807, 2.05) is 36.1 Å². The van der Waals surface area contributed by atoms with Gasteiger partial charge in [0.15, 0.2) is 5.78 Å². The van der Waals surface area contributed by atoms with Crippen molar-refractivity contribution in [2.75, 3.05) is 24.5 Å². The zero-order valence-electron chi connectivity index (χ0n) is 15.2.